The number of hydrogen-bond donors (Lipinski definition) is 0. The Hall–Kier alpha value is -0.880. The van der Waals surface area contributed by atoms with E-state index >= 15 is 0 Å². The van der Waals surface area contributed by atoms with E-state index in [2.05, 4.69) is 37.6 Å². The average molecular weight is 318 g/mol. The monoisotopic (exact) mass is 317 g/mol. The van der Waals surface area contributed by atoms with E-state index < -0.39 is 0 Å². The molecule has 0 amide bonds. The van der Waals surface area contributed by atoms with E-state index in [1.807, 2.05) is 18.8 Å². The van der Waals surface area contributed by atoms with Gasteiger partial charge in [0.25, 0.3) is 0 Å². The van der Waals surface area contributed by atoms with Crippen molar-refractivity contribution in [2.24, 2.45) is 7.05 Å². The summed E-state index contributed by atoms with van der Waals surface area (Å²) in [6.45, 7) is 3.50. The van der Waals surface area contributed by atoms with Crippen molar-refractivity contribution in [2.75, 3.05) is 20.7 Å². The lowest BCUT2D eigenvalue weighted by molar-refractivity contribution is -0.140. The Morgan fingerprint density at radius 3 is 2.72 bits per heavy atom. The molecule has 5 nitrogen and oxygen atoms in total. The van der Waals surface area contributed by atoms with Gasteiger partial charge in [-0.15, -0.1) is 0 Å². The van der Waals surface area contributed by atoms with Gasteiger partial charge in [-0.25, -0.2) is 0 Å². The zero-order valence-electron chi connectivity index (χ0n) is 11.4. The third kappa shape index (κ3) is 3.81. The van der Waals surface area contributed by atoms with Crippen LogP contribution in [0.25, 0.3) is 0 Å². The van der Waals surface area contributed by atoms with Crippen LogP contribution in [0.2, 0.25) is 0 Å². The van der Waals surface area contributed by atoms with E-state index in [1.54, 1.807) is 0 Å². The van der Waals surface area contributed by atoms with Crippen molar-refractivity contribution in [2.45, 2.75) is 26.3 Å². The minimum Gasteiger partial charge on any atom is -0.469 e. The minimum absolute atomic E-state index is 0.180. The third-order valence-electron chi connectivity index (χ3n) is 2.85. The van der Waals surface area contributed by atoms with Crippen LogP contribution in [0.5, 0.6) is 0 Å². The number of nitrogens with zero attached hydrogens (tertiary/aromatic N) is 3. The first-order valence-electron chi connectivity index (χ1n) is 5.95. The number of esters is 1. The number of carbonyl (C=O) groups excluding carboxylic acids is 1. The molecule has 18 heavy (non-hydrogen) atoms. The van der Waals surface area contributed by atoms with Gasteiger partial charge in [0.1, 0.15) is 0 Å². The second-order valence-electron chi connectivity index (χ2n) is 4.25. The Bertz CT molecular complexity index is 418. The highest BCUT2D eigenvalue weighted by atomic mass is 79.9. The molecule has 0 fully saturated rings. The largest absolute Gasteiger partial charge is 0.469 e. The summed E-state index contributed by atoms with van der Waals surface area (Å²) in [4.78, 5) is 13.2. The molecular formula is C12H20BrN3O2. The van der Waals surface area contributed by atoms with Crippen LogP contribution in [0.3, 0.4) is 0 Å². The van der Waals surface area contributed by atoms with Crippen molar-refractivity contribution in [3.63, 3.8) is 0 Å². The zero-order valence-corrected chi connectivity index (χ0v) is 13.0. The molecule has 0 aliphatic heterocycles. The van der Waals surface area contributed by atoms with Crippen LogP contribution in [-0.4, -0.2) is 41.4 Å². The molecule has 0 N–H and O–H groups in total. The fourth-order valence-electron chi connectivity index (χ4n) is 1.71. The van der Waals surface area contributed by atoms with Gasteiger partial charge in [-0.1, -0.05) is 6.92 Å². The SMILES string of the molecule is CCc1nn(C)c(CN(C)CCC(=O)OC)c1Br. The van der Waals surface area contributed by atoms with E-state index in [0.717, 1.165) is 28.8 Å². The Balaban J connectivity index is 2.61. The fraction of sp³-hybridized carbons (Fsp3) is 0.667. The summed E-state index contributed by atoms with van der Waals surface area (Å²) in [5.74, 6) is -0.180. The zero-order chi connectivity index (χ0) is 13.7. The number of aryl methyl sites for hydroxylation is 2. The maximum Gasteiger partial charge on any atom is 0.306 e. The predicted octanol–water partition coefficient (Wildman–Crippen LogP) is 1.74. The minimum atomic E-state index is -0.180. The van der Waals surface area contributed by atoms with Crippen LogP contribution in [0.15, 0.2) is 4.47 Å². The first-order chi connectivity index (χ1) is 8.49. The van der Waals surface area contributed by atoms with Crippen LogP contribution in [0.4, 0.5) is 0 Å². The summed E-state index contributed by atoms with van der Waals surface area (Å²) < 4.78 is 7.58. The molecule has 0 radical (unpaired) electrons. The fourth-order valence-corrected chi connectivity index (χ4v) is 2.45. The molecule has 0 aliphatic rings. The molecule has 0 aromatic carbocycles. The van der Waals surface area contributed by atoms with Crippen LogP contribution >= 0.6 is 15.9 Å². The lowest BCUT2D eigenvalue weighted by Gasteiger charge is -2.16. The molecule has 1 rings (SSSR count). The van der Waals surface area contributed by atoms with Crippen LogP contribution in [0, 0.1) is 0 Å². The standard InChI is InChI=1S/C12H20BrN3O2/c1-5-9-12(13)10(16(3)14-9)8-15(2)7-6-11(17)18-4/h5-8H2,1-4H3. The van der Waals surface area contributed by atoms with Crippen LogP contribution in [-0.2, 0) is 29.5 Å². The van der Waals surface area contributed by atoms with Gasteiger partial charge >= 0.3 is 5.97 Å². The van der Waals surface area contributed by atoms with E-state index in [9.17, 15) is 4.79 Å². The van der Waals surface area contributed by atoms with Gasteiger partial charge in [0.05, 0.1) is 29.4 Å². The van der Waals surface area contributed by atoms with Crippen molar-refractivity contribution >= 4 is 21.9 Å². The summed E-state index contributed by atoms with van der Waals surface area (Å²) in [5, 5.41) is 4.44. The Morgan fingerprint density at radius 1 is 1.56 bits per heavy atom. The molecule has 0 bridgehead atoms. The van der Waals surface area contributed by atoms with Gasteiger partial charge in [-0.2, -0.15) is 5.10 Å². The van der Waals surface area contributed by atoms with Crippen molar-refractivity contribution in [3.8, 4) is 0 Å². The second kappa shape index (κ2) is 6.89. The van der Waals surface area contributed by atoms with E-state index in [0.29, 0.717) is 13.0 Å². The van der Waals surface area contributed by atoms with Crippen LogP contribution < -0.4 is 0 Å². The number of rotatable bonds is 6. The molecule has 1 aromatic heterocycles. The van der Waals surface area contributed by atoms with Gasteiger partial charge in [0.15, 0.2) is 0 Å². The smallest absolute Gasteiger partial charge is 0.306 e. The van der Waals surface area contributed by atoms with Gasteiger partial charge in [-0.05, 0) is 29.4 Å². The Morgan fingerprint density at radius 2 is 2.22 bits per heavy atom. The molecule has 1 aromatic rings. The molecule has 0 atom stereocenters. The average Bonchev–Trinajstić information content (AvgIpc) is 2.63. The van der Waals surface area contributed by atoms with Crippen molar-refractivity contribution in [1.29, 1.82) is 0 Å². The highest BCUT2D eigenvalue weighted by molar-refractivity contribution is 9.10. The summed E-state index contributed by atoms with van der Waals surface area (Å²) in [7, 11) is 5.33. The first-order valence-corrected chi connectivity index (χ1v) is 6.74. The quantitative estimate of drug-likeness (QED) is 0.750. The lowest BCUT2D eigenvalue weighted by Crippen LogP contribution is -2.23. The summed E-state index contributed by atoms with van der Waals surface area (Å²) in [6, 6.07) is 0. The van der Waals surface area contributed by atoms with Crippen molar-refractivity contribution in [3.05, 3.63) is 15.9 Å². The maximum atomic E-state index is 11.1. The van der Waals surface area contributed by atoms with Crippen molar-refractivity contribution < 1.29 is 9.53 Å². The number of halogens is 1. The predicted molar refractivity (Wildman–Crippen MR) is 73.3 cm³/mol. The third-order valence-corrected chi connectivity index (χ3v) is 3.76. The molecule has 0 aliphatic carbocycles. The highest BCUT2D eigenvalue weighted by Gasteiger charge is 2.14. The number of hydrogen-bond acceptors (Lipinski definition) is 4. The van der Waals surface area contributed by atoms with Crippen LogP contribution in [0.1, 0.15) is 24.7 Å². The number of ether oxygens (including phenoxy) is 1. The van der Waals surface area contributed by atoms with E-state index in [4.69, 9.17) is 0 Å². The van der Waals surface area contributed by atoms with Gasteiger partial charge in [-0.3, -0.25) is 14.4 Å². The normalized spacial score (nSPS) is 11.0. The molecule has 0 spiro atoms. The van der Waals surface area contributed by atoms with Crippen molar-refractivity contribution in [1.82, 2.24) is 14.7 Å². The van der Waals surface area contributed by atoms with Gasteiger partial charge < -0.3 is 4.74 Å². The Kier molecular flexibility index (Phi) is 5.81. The first kappa shape index (κ1) is 15.2. The molecule has 0 saturated carbocycles. The van der Waals surface area contributed by atoms with E-state index in [1.165, 1.54) is 7.11 Å². The lowest BCUT2D eigenvalue weighted by atomic mass is 10.3. The molecule has 6 heteroatoms. The number of carbonyl (C=O) groups is 1. The summed E-state index contributed by atoms with van der Waals surface area (Å²) >= 11 is 3.58. The Labute approximate surface area is 116 Å². The number of methoxy groups -OCH3 is 1. The maximum absolute atomic E-state index is 11.1. The molecule has 1 heterocycles. The topological polar surface area (TPSA) is 47.4 Å². The summed E-state index contributed by atoms with van der Waals surface area (Å²) in [6.07, 6.45) is 1.31. The molecule has 0 unspecified atom stereocenters. The molecule has 102 valence electrons. The van der Waals surface area contributed by atoms with Gasteiger partial charge in [0, 0.05) is 20.1 Å². The highest BCUT2D eigenvalue weighted by Crippen LogP contribution is 2.22. The molecular weight excluding hydrogens is 298 g/mol. The van der Waals surface area contributed by atoms with E-state index in [-0.39, 0.29) is 5.97 Å². The summed E-state index contributed by atoms with van der Waals surface area (Å²) in [5.41, 5.74) is 2.19. The molecule has 0 saturated heterocycles. The number of aromatic nitrogens is 2. The van der Waals surface area contributed by atoms with Gasteiger partial charge in [0.2, 0.25) is 0 Å². The second-order valence-corrected chi connectivity index (χ2v) is 5.04.